The molecule has 0 saturated heterocycles. The summed E-state index contributed by atoms with van der Waals surface area (Å²) in [6.07, 6.45) is 0. The molecule has 2 atom stereocenters. The molecule has 0 radical (unpaired) electrons. The van der Waals surface area contributed by atoms with E-state index < -0.39 is 5.38 Å². The Bertz CT molecular complexity index is 352. The first-order valence-electron chi connectivity index (χ1n) is 5.65. The van der Waals surface area contributed by atoms with Crippen LogP contribution in [0.25, 0.3) is 0 Å². The maximum Gasteiger partial charge on any atom is 0.237 e. The summed E-state index contributed by atoms with van der Waals surface area (Å²) in [4.78, 5) is 13.5. The quantitative estimate of drug-likeness (QED) is 0.816. The first-order valence-corrected chi connectivity index (χ1v) is 6.09. The van der Waals surface area contributed by atoms with E-state index in [2.05, 4.69) is 22.3 Å². The normalized spacial score (nSPS) is 14.4. The van der Waals surface area contributed by atoms with E-state index in [1.54, 1.807) is 6.92 Å². The highest BCUT2D eigenvalue weighted by Crippen LogP contribution is 2.16. The number of nitrogens with zero attached hydrogens (tertiary/aromatic N) is 1. The van der Waals surface area contributed by atoms with Gasteiger partial charge in [0.2, 0.25) is 5.91 Å². The molecule has 0 fully saturated rings. The summed E-state index contributed by atoms with van der Waals surface area (Å²) < 4.78 is 0. The molecule has 1 aromatic carbocycles. The van der Waals surface area contributed by atoms with Gasteiger partial charge in [-0.25, -0.2) is 0 Å². The van der Waals surface area contributed by atoms with Crippen LogP contribution in [0.4, 0.5) is 0 Å². The van der Waals surface area contributed by atoms with Gasteiger partial charge in [0.05, 0.1) is 6.04 Å². The van der Waals surface area contributed by atoms with Crippen molar-refractivity contribution in [3.05, 3.63) is 35.9 Å². The number of nitrogens with one attached hydrogen (secondary N) is 1. The molecule has 2 unspecified atom stereocenters. The maximum atomic E-state index is 11.4. The monoisotopic (exact) mass is 254 g/mol. The van der Waals surface area contributed by atoms with Crippen molar-refractivity contribution in [1.82, 2.24) is 10.2 Å². The molecule has 0 spiro atoms. The third-order valence-corrected chi connectivity index (χ3v) is 2.84. The maximum absolute atomic E-state index is 11.4. The van der Waals surface area contributed by atoms with Crippen molar-refractivity contribution in [1.29, 1.82) is 0 Å². The Labute approximate surface area is 108 Å². The van der Waals surface area contributed by atoms with Crippen molar-refractivity contribution in [2.45, 2.75) is 18.3 Å². The van der Waals surface area contributed by atoms with Gasteiger partial charge in [0.25, 0.3) is 0 Å². The highest BCUT2D eigenvalue weighted by molar-refractivity contribution is 6.30. The average Bonchev–Trinajstić information content (AvgIpc) is 2.29. The lowest BCUT2D eigenvalue weighted by Gasteiger charge is -2.25. The van der Waals surface area contributed by atoms with Crippen LogP contribution in [0.2, 0.25) is 0 Å². The molecule has 17 heavy (non-hydrogen) atoms. The molecule has 4 heteroatoms. The molecular formula is C13H19ClN2O. The van der Waals surface area contributed by atoms with E-state index in [1.165, 1.54) is 5.56 Å². The van der Waals surface area contributed by atoms with Crippen molar-refractivity contribution in [3.63, 3.8) is 0 Å². The Hall–Kier alpha value is -1.06. The van der Waals surface area contributed by atoms with Crippen molar-refractivity contribution < 1.29 is 4.79 Å². The molecular weight excluding hydrogens is 236 g/mol. The summed E-state index contributed by atoms with van der Waals surface area (Å²) >= 11 is 5.71. The highest BCUT2D eigenvalue weighted by atomic mass is 35.5. The lowest BCUT2D eigenvalue weighted by atomic mass is 10.1. The minimum absolute atomic E-state index is 0.130. The molecule has 1 amide bonds. The second-order valence-electron chi connectivity index (χ2n) is 4.25. The summed E-state index contributed by atoms with van der Waals surface area (Å²) in [6, 6.07) is 10.3. The van der Waals surface area contributed by atoms with Gasteiger partial charge in [0.15, 0.2) is 0 Å². The topological polar surface area (TPSA) is 32.3 Å². The van der Waals surface area contributed by atoms with E-state index in [9.17, 15) is 4.79 Å². The fraction of sp³-hybridized carbons (Fsp3) is 0.462. The molecule has 3 nitrogen and oxygen atoms in total. The predicted octanol–water partition coefficient (Wildman–Crippen LogP) is 2.03. The van der Waals surface area contributed by atoms with Gasteiger partial charge in [-0.05, 0) is 26.6 Å². The van der Waals surface area contributed by atoms with E-state index >= 15 is 0 Å². The molecule has 1 rings (SSSR count). The summed E-state index contributed by atoms with van der Waals surface area (Å²) in [5, 5.41) is 2.36. The number of rotatable bonds is 5. The number of halogens is 1. The number of carbonyl (C=O) groups excluding carboxylic acids is 1. The van der Waals surface area contributed by atoms with Crippen LogP contribution < -0.4 is 5.32 Å². The number of hydrogen-bond acceptors (Lipinski definition) is 2. The largest absolute Gasteiger partial charge is 0.353 e. The van der Waals surface area contributed by atoms with Gasteiger partial charge in [-0.1, -0.05) is 30.3 Å². The molecule has 0 aromatic heterocycles. The molecule has 0 aliphatic carbocycles. The molecule has 0 bridgehead atoms. The molecule has 0 aliphatic heterocycles. The van der Waals surface area contributed by atoms with E-state index in [-0.39, 0.29) is 11.9 Å². The van der Waals surface area contributed by atoms with Gasteiger partial charge >= 0.3 is 0 Å². The average molecular weight is 255 g/mol. The predicted molar refractivity (Wildman–Crippen MR) is 71.2 cm³/mol. The zero-order valence-electron chi connectivity index (χ0n) is 10.5. The van der Waals surface area contributed by atoms with E-state index in [4.69, 9.17) is 11.6 Å². The highest BCUT2D eigenvalue weighted by Gasteiger charge is 2.16. The van der Waals surface area contributed by atoms with Gasteiger partial charge in [0.1, 0.15) is 5.38 Å². The Morgan fingerprint density at radius 1 is 1.35 bits per heavy atom. The molecule has 0 heterocycles. The van der Waals surface area contributed by atoms with Crippen LogP contribution in [0.3, 0.4) is 0 Å². The summed E-state index contributed by atoms with van der Waals surface area (Å²) in [5.74, 6) is -0.130. The molecule has 1 aromatic rings. The summed E-state index contributed by atoms with van der Waals surface area (Å²) in [6.45, 7) is 2.23. The third-order valence-electron chi connectivity index (χ3n) is 2.64. The summed E-state index contributed by atoms with van der Waals surface area (Å²) in [5.41, 5.74) is 1.18. The van der Waals surface area contributed by atoms with Gasteiger partial charge in [-0.15, -0.1) is 11.6 Å². The van der Waals surface area contributed by atoms with Crippen molar-refractivity contribution in [3.8, 4) is 0 Å². The van der Waals surface area contributed by atoms with E-state index in [0.717, 1.165) is 0 Å². The molecule has 0 aliphatic rings. The lowest BCUT2D eigenvalue weighted by molar-refractivity contribution is -0.120. The van der Waals surface area contributed by atoms with Crippen LogP contribution in [0.5, 0.6) is 0 Å². The standard InChI is InChI=1S/C13H19ClN2O/c1-10(14)13(17)15-9-12(16(2)3)11-7-5-4-6-8-11/h4-8,10,12H,9H2,1-3H3,(H,15,17). The van der Waals surface area contributed by atoms with Crippen LogP contribution >= 0.6 is 11.6 Å². The van der Waals surface area contributed by atoms with Crippen LogP contribution in [0, 0.1) is 0 Å². The number of amides is 1. The fourth-order valence-corrected chi connectivity index (χ4v) is 1.69. The van der Waals surface area contributed by atoms with Crippen molar-refractivity contribution in [2.75, 3.05) is 20.6 Å². The number of alkyl halides is 1. The number of benzene rings is 1. The number of carbonyl (C=O) groups is 1. The van der Waals surface area contributed by atoms with Crippen LogP contribution in [0.15, 0.2) is 30.3 Å². The SMILES string of the molecule is CC(Cl)C(=O)NCC(c1ccccc1)N(C)C. The Morgan fingerprint density at radius 2 is 1.94 bits per heavy atom. The lowest BCUT2D eigenvalue weighted by Crippen LogP contribution is -2.37. The zero-order chi connectivity index (χ0) is 12.8. The minimum Gasteiger partial charge on any atom is -0.353 e. The Morgan fingerprint density at radius 3 is 2.41 bits per heavy atom. The Kier molecular flexibility index (Phi) is 5.45. The Balaban J connectivity index is 2.66. The van der Waals surface area contributed by atoms with Gasteiger partial charge in [-0.2, -0.15) is 0 Å². The second kappa shape index (κ2) is 6.62. The third kappa shape index (κ3) is 4.36. The number of likely N-dealkylation sites (N-methyl/N-ethyl adjacent to an activating group) is 1. The first kappa shape index (κ1) is 14.0. The van der Waals surface area contributed by atoms with Crippen LogP contribution in [-0.2, 0) is 4.79 Å². The molecule has 1 N–H and O–H groups in total. The van der Waals surface area contributed by atoms with Gasteiger partial charge in [0, 0.05) is 6.54 Å². The zero-order valence-corrected chi connectivity index (χ0v) is 11.2. The second-order valence-corrected chi connectivity index (χ2v) is 4.91. The van der Waals surface area contributed by atoms with E-state index in [0.29, 0.717) is 6.54 Å². The molecule has 0 saturated carbocycles. The van der Waals surface area contributed by atoms with E-state index in [1.807, 2.05) is 32.3 Å². The molecule has 94 valence electrons. The van der Waals surface area contributed by atoms with Crippen LogP contribution in [0.1, 0.15) is 18.5 Å². The minimum atomic E-state index is -0.492. The van der Waals surface area contributed by atoms with Crippen molar-refractivity contribution in [2.24, 2.45) is 0 Å². The fourth-order valence-electron chi connectivity index (χ4n) is 1.61. The summed E-state index contributed by atoms with van der Waals surface area (Å²) in [7, 11) is 3.99. The van der Waals surface area contributed by atoms with Crippen LogP contribution in [-0.4, -0.2) is 36.8 Å². The smallest absolute Gasteiger partial charge is 0.237 e. The first-order chi connectivity index (χ1) is 8.02. The van der Waals surface area contributed by atoms with Crippen molar-refractivity contribution >= 4 is 17.5 Å². The number of hydrogen-bond donors (Lipinski definition) is 1. The van der Waals surface area contributed by atoms with Gasteiger partial charge < -0.3 is 10.2 Å². The van der Waals surface area contributed by atoms with Gasteiger partial charge in [-0.3, -0.25) is 4.79 Å².